The van der Waals surface area contributed by atoms with Crippen LogP contribution in [0.5, 0.6) is 11.5 Å². The maximum Gasteiger partial charge on any atom is 0.162 e. The summed E-state index contributed by atoms with van der Waals surface area (Å²) in [6, 6.07) is 5.40. The molecule has 0 fully saturated rings. The molecule has 0 amide bonds. The van der Waals surface area contributed by atoms with Crippen LogP contribution in [0, 0.1) is 0 Å². The third-order valence-corrected chi connectivity index (χ3v) is 3.81. The van der Waals surface area contributed by atoms with Gasteiger partial charge in [0.25, 0.3) is 0 Å². The molecule has 1 aromatic heterocycles. The summed E-state index contributed by atoms with van der Waals surface area (Å²) in [6.45, 7) is 2.53. The molecule has 0 bridgehead atoms. The maximum atomic E-state index is 9.17. The van der Waals surface area contributed by atoms with E-state index in [0.717, 1.165) is 29.1 Å². The summed E-state index contributed by atoms with van der Waals surface area (Å²) in [4.78, 5) is 4.52. The number of rotatable bonds is 7. The van der Waals surface area contributed by atoms with E-state index in [1.165, 1.54) is 0 Å². The number of aliphatic hydroxyl groups excluding tert-OH is 1. The zero-order chi connectivity index (χ0) is 14.4. The summed E-state index contributed by atoms with van der Waals surface area (Å²) in [5.41, 5.74) is 1.72. The Bertz CT molecular complexity index is 554. The first kappa shape index (κ1) is 14.8. The first-order valence-electron chi connectivity index (χ1n) is 6.60. The number of aliphatic hydroxyl groups is 1. The first-order valence-corrected chi connectivity index (χ1v) is 7.48. The summed E-state index contributed by atoms with van der Waals surface area (Å²) in [5.74, 6) is 1.29. The molecule has 0 aliphatic carbocycles. The summed E-state index contributed by atoms with van der Waals surface area (Å²) in [7, 11) is 1.60. The highest BCUT2D eigenvalue weighted by Crippen LogP contribution is 2.29. The van der Waals surface area contributed by atoms with Crippen LogP contribution in [-0.2, 0) is 19.6 Å². The molecule has 2 rings (SSSR count). The quantitative estimate of drug-likeness (QED) is 0.852. The van der Waals surface area contributed by atoms with E-state index in [9.17, 15) is 0 Å². The fraction of sp³-hybridized carbons (Fsp3) is 0.400. The average Bonchev–Trinajstić information content (AvgIpc) is 2.93. The van der Waals surface area contributed by atoms with E-state index in [0.29, 0.717) is 18.1 Å². The van der Waals surface area contributed by atoms with Crippen molar-refractivity contribution < 1.29 is 14.6 Å². The Hall–Kier alpha value is -1.59. The van der Waals surface area contributed by atoms with E-state index >= 15 is 0 Å². The maximum absolute atomic E-state index is 9.17. The van der Waals surface area contributed by atoms with Crippen LogP contribution in [-0.4, -0.2) is 17.2 Å². The zero-order valence-corrected chi connectivity index (χ0v) is 12.6. The topological polar surface area (TPSA) is 51.6 Å². The van der Waals surface area contributed by atoms with Gasteiger partial charge < -0.3 is 14.6 Å². The Morgan fingerprint density at radius 2 is 2.15 bits per heavy atom. The highest BCUT2D eigenvalue weighted by Gasteiger charge is 2.08. The molecule has 0 unspecified atom stereocenters. The smallest absolute Gasteiger partial charge is 0.162 e. The number of nitrogens with zero attached hydrogens (tertiary/aromatic N) is 1. The van der Waals surface area contributed by atoms with Crippen LogP contribution in [0.1, 0.15) is 29.6 Å². The van der Waals surface area contributed by atoms with Gasteiger partial charge in [0, 0.05) is 5.38 Å². The van der Waals surface area contributed by atoms with E-state index in [-0.39, 0.29) is 6.61 Å². The van der Waals surface area contributed by atoms with Crippen LogP contribution < -0.4 is 9.47 Å². The molecule has 20 heavy (non-hydrogen) atoms. The van der Waals surface area contributed by atoms with Crippen molar-refractivity contribution >= 4 is 11.3 Å². The fourth-order valence-electron chi connectivity index (χ4n) is 1.83. The van der Waals surface area contributed by atoms with Crippen LogP contribution >= 0.6 is 11.3 Å². The minimum atomic E-state index is -0.0162. The van der Waals surface area contributed by atoms with Gasteiger partial charge in [0.1, 0.15) is 6.61 Å². The highest BCUT2D eigenvalue weighted by molar-refractivity contribution is 7.09. The largest absolute Gasteiger partial charge is 0.493 e. The summed E-state index contributed by atoms with van der Waals surface area (Å²) in [6.07, 6.45) is 2.11. The van der Waals surface area contributed by atoms with Gasteiger partial charge in [0.05, 0.1) is 24.4 Å². The van der Waals surface area contributed by atoms with E-state index in [1.54, 1.807) is 30.6 Å². The molecule has 2 aromatic rings. The Kier molecular flexibility index (Phi) is 5.38. The second-order valence-corrected chi connectivity index (χ2v) is 5.36. The second kappa shape index (κ2) is 7.26. The number of ether oxygens (including phenoxy) is 2. The molecular weight excluding hydrogens is 274 g/mol. The predicted molar refractivity (Wildman–Crippen MR) is 79.4 cm³/mol. The lowest BCUT2D eigenvalue weighted by Crippen LogP contribution is -1.99. The summed E-state index contributed by atoms with van der Waals surface area (Å²) >= 11 is 1.66. The molecule has 5 heteroatoms. The first-order chi connectivity index (χ1) is 9.76. The summed E-state index contributed by atoms with van der Waals surface area (Å²) < 4.78 is 11.0. The van der Waals surface area contributed by atoms with Crippen molar-refractivity contribution in [3.8, 4) is 11.5 Å². The van der Waals surface area contributed by atoms with Gasteiger partial charge in [0.15, 0.2) is 11.5 Å². The number of methoxy groups -OCH3 is 1. The molecule has 4 nitrogen and oxygen atoms in total. The molecule has 0 saturated carbocycles. The van der Waals surface area contributed by atoms with Crippen molar-refractivity contribution in [2.75, 3.05) is 7.11 Å². The third-order valence-electron chi connectivity index (χ3n) is 2.85. The van der Waals surface area contributed by atoms with Crippen molar-refractivity contribution in [1.29, 1.82) is 0 Å². The second-order valence-electron chi connectivity index (χ2n) is 4.41. The molecule has 108 valence electrons. The predicted octanol–water partition coefficient (Wildman–Crippen LogP) is 3.18. The molecule has 0 spiro atoms. The van der Waals surface area contributed by atoms with Gasteiger partial charge in [-0.1, -0.05) is 13.0 Å². The number of aromatic nitrogens is 1. The number of hydrogen-bond donors (Lipinski definition) is 1. The van der Waals surface area contributed by atoms with Crippen LogP contribution in [0.25, 0.3) is 0 Å². The lowest BCUT2D eigenvalue weighted by Gasteiger charge is -2.10. The van der Waals surface area contributed by atoms with Crippen molar-refractivity contribution in [2.24, 2.45) is 0 Å². The number of benzene rings is 1. The molecule has 1 aromatic carbocycles. The number of aryl methyl sites for hydroxylation is 1. The van der Waals surface area contributed by atoms with Gasteiger partial charge in [-0.2, -0.15) is 0 Å². The molecule has 0 aliphatic heterocycles. The molecule has 1 N–H and O–H groups in total. The van der Waals surface area contributed by atoms with Crippen LogP contribution in [0.2, 0.25) is 0 Å². The molecule has 0 atom stereocenters. The SMILES string of the molecule is CCCc1nc(COc2cc(CO)ccc2OC)cs1. The molecule has 0 radical (unpaired) electrons. The van der Waals surface area contributed by atoms with Gasteiger partial charge in [-0.15, -0.1) is 11.3 Å². The minimum Gasteiger partial charge on any atom is -0.493 e. The fourth-order valence-corrected chi connectivity index (χ4v) is 2.71. The molecule has 1 heterocycles. The zero-order valence-electron chi connectivity index (χ0n) is 11.8. The average molecular weight is 293 g/mol. The lowest BCUT2D eigenvalue weighted by molar-refractivity contribution is 0.270. The normalized spacial score (nSPS) is 10.6. The van der Waals surface area contributed by atoms with Crippen LogP contribution in [0.15, 0.2) is 23.6 Å². The lowest BCUT2D eigenvalue weighted by atomic mass is 10.2. The van der Waals surface area contributed by atoms with E-state index in [1.807, 2.05) is 11.4 Å². The Labute approximate surface area is 123 Å². The standard InChI is InChI=1S/C15H19NO3S/c1-3-4-15-16-12(10-20-15)9-19-14-7-11(8-17)5-6-13(14)18-2/h5-7,10,17H,3-4,8-9H2,1-2H3. The minimum absolute atomic E-state index is 0.0162. The van der Waals surface area contributed by atoms with Gasteiger partial charge in [-0.05, 0) is 30.5 Å². The van der Waals surface area contributed by atoms with Gasteiger partial charge in [-0.3, -0.25) is 0 Å². The summed E-state index contributed by atoms with van der Waals surface area (Å²) in [5, 5.41) is 12.3. The highest BCUT2D eigenvalue weighted by atomic mass is 32.1. The van der Waals surface area contributed by atoms with Gasteiger partial charge in [-0.25, -0.2) is 4.98 Å². The van der Waals surface area contributed by atoms with Gasteiger partial charge >= 0.3 is 0 Å². The van der Waals surface area contributed by atoms with E-state index < -0.39 is 0 Å². The monoisotopic (exact) mass is 293 g/mol. The Balaban J connectivity index is 2.05. The number of hydrogen-bond acceptors (Lipinski definition) is 5. The van der Waals surface area contributed by atoms with Crippen molar-refractivity contribution in [3.05, 3.63) is 39.8 Å². The molecule has 0 aliphatic rings. The van der Waals surface area contributed by atoms with Crippen LogP contribution in [0.3, 0.4) is 0 Å². The number of thiazole rings is 1. The van der Waals surface area contributed by atoms with E-state index in [4.69, 9.17) is 14.6 Å². The van der Waals surface area contributed by atoms with Gasteiger partial charge in [0.2, 0.25) is 0 Å². The molecular formula is C15H19NO3S. The van der Waals surface area contributed by atoms with Crippen LogP contribution in [0.4, 0.5) is 0 Å². The van der Waals surface area contributed by atoms with Crippen molar-refractivity contribution in [2.45, 2.75) is 33.0 Å². The Morgan fingerprint density at radius 3 is 2.85 bits per heavy atom. The Morgan fingerprint density at radius 1 is 1.30 bits per heavy atom. The van der Waals surface area contributed by atoms with E-state index in [2.05, 4.69) is 11.9 Å². The van der Waals surface area contributed by atoms with Crippen molar-refractivity contribution in [1.82, 2.24) is 4.98 Å². The van der Waals surface area contributed by atoms with Crippen molar-refractivity contribution in [3.63, 3.8) is 0 Å². The third kappa shape index (κ3) is 3.71. The molecule has 0 saturated heterocycles.